The summed E-state index contributed by atoms with van der Waals surface area (Å²) in [6, 6.07) is 3.87. The van der Waals surface area contributed by atoms with Crippen molar-refractivity contribution in [3.8, 4) is 0 Å². The van der Waals surface area contributed by atoms with Crippen molar-refractivity contribution in [2.75, 3.05) is 0 Å². The summed E-state index contributed by atoms with van der Waals surface area (Å²) in [6.45, 7) is 0. The van der Waals surface area contributed by atoms with E-state index in [-0.39, 0.29) is 0 Å². The quantitative estimate of drug-likeness (QED) is 0.645. The molecule has 1 fully saturated rings. The number of halogens is 2. The van der Waals surface area contributed by atoms with Crippen LogP contribution in [0.1, 0.15) is 37.2 Å². The molecule has 0 N–H and O–H groups in total. The highest BCUT2D eigenvalue weighted by Crippen LogP contribution is 2.35. The molecule has 0 aliphatic heterocycles. The van der Waals surface area contributed by atoms with Crippen LogP contribution in [0, 0.1) is 0 Å². The fourth-order valence-corrected chi connectivity index (χ4v) is 2.46. The molecule has 70 valence electrons. The summed E-state index contributed by atoms with van der Waals surface area (Å²) in [5.74, 6) is 0.651. The summed E-state index contributed by atoms with van der Waals surface area (Å²) in [7, 11) is 0. The van der Waals surface area contributed by atoms with Crippen molar-refractivity contribution in [2.24, 2.45) is 0 Å². The molecule has 1 heterocycles. The standard InChI is InChI=1S/C10H11Cl2N/c11-9-5-8(6-10(12)13-9)7-3-1-2-4-7/h5-7H,1-4H2. The lowest BCUT2D eigenvalue weighted by atomic mass is 9.99. The molecule has 0 aromatic carbocycles. The monoisotopic (exact) mass is 215 g/mol. The van der Waals surface area contributed by atoms with Crippen molar-refractivity contribution < 1.29 is 0 Å². The molecule has 0 saturated heterocycles. The Labute approximate surface area is 88.1 Å². The summed E-state index contributed by atoms with van der Waals surface area (Å²) in [5, 5.41) is 1.02. The molecule has 0 bridgehead atoms. The van der Waals surface area contributed by atoms with Crippen LogP contribution in [0.4, 0.5) is 0 Å². The Kier molecular flexibility index (Phi) is 2.75. The lowest BCUT2D eigenvalue weighted by Gasteiger charge is -2.09. The Balaban J connectivity index is 2.28. The maximum absolute atomic E-state index is 5.83. The Morgan fingerprint density at radius 1 is 1.08 bits per heavy atom. The molecular formula is C10H11Cl2N. The van der Waals surface area contributed by atoms with Crippen LogP contribution < -0.4 is 0 Å². The molecule has 1 aromatic rings. The Morgan fingerprint density at radius 3 is 2.15 bits per heavy atom. The number of hydrogen-bond donors (Lipinski definition) is 0. The van der Waals surface area contributed by atoms with Crippen molar-refractivity contribution in [1.29, 1.82) is 0 Å². The third-order valence-electron chi connectivity index (χ3n) is 2.61. The van der Waals surface area contributed by atoms with E-state index in [0.29, 0.717) is 16.2 Å². The maximum atomic E-state index is 5.83. The largest absolute Gasteiger partial charge is 0.224 e. The third kappa shape index (κ3) is 2.15. The predicted molar refractivity (Wildman–Crippen MR) is 55.5 cm³/mol. The molecule has 0 unspecified atom stereocenters. The lowest BCUT2D eigenvalue weighted by molar-refractivity contribution is 0.722. The topological polar surface area (TPSA) is 12.9 Å². The van der Waals surface area contributed by atoms with Gasteiger partial charge in [-0.2, -0.15) is 0 Å². The number of pyridine rings is 1. The van der Waals surface area contributed by atoms with Gasteiger partial charge in [-0.1, -0.05) is 36.0 Å². The van der Waals surface area contributed by atoms with Crippen LogP contribution in [0.3, 0.4) is 0 Å². The summed E-state index contributed by atoms with van der Waals surface area (Å²) in [6.07, 6.45) is 5.16. The Bertz CT molecular complexity index is 286. The van der Waals surface area contributed by atoms with Crippen LogP contribution in [0.15, 0.2) is 12.1 Å². The normalized spacial score (nSPS) is 18.0. The smallest absolute Gasteiger partial charge is 0.131 e. The predicted octanol–water partition coefficient (Wildman–Crippen LogP) is 4.05. The zero-order valence-electron chi connectivity index (χ0n) is 7.26. The van der Waals surface area contributed by atoms with Crippen molar-refractivity contribution in [1.82, 2.24) is 4.98 Å². The van der Waals surface area contributed by atoms with Crippen LogP contribution in [0.25, 0.3) is 0 Å². The van der Waals surface area contributed by atoms with Gasteiger partial charge in [-0.25, -0.2) is 4.98 Å². The van der Waals surface area contributed by atoms with Crippen LogP contribution in [-0.2, 0) is 0 Å². The molecule has 1 nitrogen and oxygen atoms in total. The van der Waals surface area contributed by atoms with E-state index in [1.807, 2.05) is 12.1 Å². The summed E-state index contributed by atoms with van der Waals surface area (Å²) in [4.78, 5) is 3.94. The SMILES string of the molecule is Clc1cc(C2CCCC2)cc(Cl)n1. The van der Waals surface area contributed by atoms with Crippen molar-refractivity contribution in [3.63, 3.8) is 0 Å². The highest BCUT2D eigenvalue weighted by atomic mass is 35.5. The van der Waals surface area contributed by atoms with Gasteiger partial charge in [-0.15, -0.1) is 0 Å². The van der Waals surface area contributed by atoms with E-state index < -0.39 is 0 Å². The number of aromatic nitrogens is 1. The number of nitrogens with zero attached hydrogens (tertiary/aromatic N) is 1. The lowest BCUT2D eigenvalue weighted by Crippen LogP contribution is -1.93. The highest BCUT2D eigenvalue weighted by molar-refractivity contribution is 6.32. The van der Waals surface area contributed by atoms with Gasteiger partial charge in [0.2, 0.25) is 0 Å². The summed E-state index contributed by atoms with van der Waals surface area (Å²) < 4.78 is 0. The first-order valence-corrected chi connectivity index (χ1v) is 5.34. The molecule has 0 amide bonds. The molecule has 1 aromatic heterocycles. The first-order chi connectivity index (χ1) is 6.25. The first-order valence-electron chi connectivity index (χ1n) is 4.59. The van der Waals surface area contributed by atoms with Crippen LogP contribution in [0.2, 0.25) is 10.3 Å². The summed E-state index contributed by atoms with van der Waals surface area (Å²) >= 11 is 11.7. The van der Waals surface area contributed by atoms with Gasteiger partial charge in [0.15, 0.2) is 0 Å². The molecule has 1 aliphatic rings. The van der Waals surface area contributed by atoms with Crippen LogP contribution >= 0.6 is 23.2 Å². The minimum absolute atomic E-state index is 0.509. The molecule has 0 atom stereocenters. The fraction of sp³-hybridized carbons (Fsp3) is 0.500. The minimum Gasteiger partial charge on any atom is -0.224 e. The van der Waals surface area contributed by atoms with Crippen LogP contribution in [-0.4, -0.2) is 4.98 Å². The van der Waals surface area contributed by atoms with Crippen LogP contribution in [0.5, 0.6) is 0 Å². The average molecular weight is 216 g/mol. The zero-order chi connectivity index (χ0) is 9.26. The van der Waals surface area contributed by atoms with Gasteiger partial charge in [0.05, 0.1) is 0 Å². The van der Waals surface area contributed by atoms with Crippen molar-refractivity contribution in [3.05, 3.63) is 28.0 Å². The second-order valence-electron chi connectivity index (χ2n) is 3.53. The molecule has 0 radical (unpaired) electrons. The van der Waals surface area contributed by atoms with Gasteiger partial charge in [0, 0.05) is 0 Å². The number of rotatable bonds is 1. The van der Waals surface area contributed by atoms with E-state index in [4.69, 9.17) is 23.2 Å². The molecule has 13 heavy (non-hydrogen) atoms. The van der Waals surface area contributed by atoms with Gasteiger partial charge >= 0.3 is 0 Å². The van der Waals surface area contributed by atoms with E-state index in [9.17, 15) is 0 Å². The van der Waals surface area contributed by atoms with E-state index in [1.165, 1.54) is 31.2 Å². The van der Waals surface area contributed by atoms with E-state index >= 15 is 0 Å². The van der Waals surface area contributed by atoms with Gasteiger partial charge < -0.3 is 0 Å². The number of hydrogen-bond acceptors (Lipinski definition) is 1. The van der Waals surface area contributed by atoms with Crippen molar-refractivity contribution >= 4 is 23.2 Å². The Hall–Kier alpha value is -0.270. The van der Waals surface area contributed by atoms with Gasteiger partial charge in [0.25, 0.3) is 0 Å². The van der Waals surface area contributed by atoms with Gasteiger partial charge in [-0.3, -0.25) is 0 Å². The molecule has 1 aliphatic carbocycles. The van der Waals surface area contributed by atoms with Crippen molar-refractivity contribution in [2.45, 2.75) is 31.6 Å². The van der Waals surface area contributed by atoms with Gasteiger partial charge in [-0.05, 0) is 36.5 Å². The first kappa shape index (κ1) is 9.29. The fourth-order valence-electron chi connectivity index (χ4n) is 1.98. The van der Waals surface area contributed by atoms with E-state index in [0.717, 1.165) is 0 Å². The molecular weight excluding hydrogens is 205 g/mol. The highest BCUT2D eigenvalue weighted by Gasteiger charge is 2.17. The third-order valence-corrected chi connectivity index (χ3v) is 3.00. The minimum atomic E-state index is 0.509. The second-order valence-corrected chi connectivity index (χ2v) is 4.30. The molecule has 1 saturated carbocycles. The van der Waals surface area contributed by atoms with E-state index in [1.54, 1.807) is 0 Å². The molecule has 2 rings (SSSR count). The molecule has 3 heteroatoms. The van der Waals surface area contributed by atoms with E-state index in [2.05, 4.69) is 4.98 Å². The molecule has 0 spiro atoms. The van der Waals surface area contributed by atoms with Gasteiger partial charge in [0.1, 0.15) is 10.3 Å². The Morgan fingerprint density at radius 2 is 1.62 bits per heavy atom. The average Bonchev–Trinajstić information content (AvgIpc) is 2.53. The zero-order valence-corrected chi connectivity index (χ0v) is 8.78. The maximum Gasteiger partial charge on any atom is 0.131 e. The second kappa shape index (κ2) is 3.85. The summed E-state index contributed by atoms with van der Waals surface area (Å²) in [5.41, 5.74) is 1.25.